The lowest BCUT2D eigenvalue weighted by Gasteiger charge is -2.09. The van der Waals surface area contributed by atoms with Crippen molar-refractivity contribution in [3.63, 3.8) is 0 Å². The van der Waals surface area contributed by atoms with E-state index in [-0.39, 0.29) is 61.2 Å². The van der Waals surface area contributed by atoms with Crippen molar-refractivity contribution in [1.29, 1.82) is 0 Å². The first-order valence-electron chi connectivity index (χ1n) is 28.0. The number of hydrogen-bond donors (Lipinski definition) is 13. The van der Waals surface area contributed by atoms with Crippen LogP contribution in [0.25, 0.3) is 55.6 Å². The Morgan fingerprint density at radius 2 is 0.414 bits per heavy atom. The van der Waals surface area contributed by atoms with Crippen LogP contribution in [-0.2, 0) is 0 Å². The van der Waals surface area contributed by atoms with Crippen LogP contribution >= 0.6 is 0 Å². The molecular formula is C73H50O26. The summed E-state index contributed by atoms with van der Waals surface area (Å²) in [5.74, 6) is -15.5. The van der Waals surface area contributed by atoms with Gasteiger partial charge in [0, 0.05) is 0 Å². The van der Waals surface area contributed by atoms with E-state index in [1.807, 2.05) is 0 Å². The lowest BCUT2D eigenvalue weighted by Crippen LogP contribution is -2.09. The van der Waals surface area contributed by atoms with E-state index in [2.05, 4.69) is 0 Å². The highest BCUT2D eigenvalue weighted by Gasteiger charge is 2.22. The summed E-state index contributed by atoms with van der Waals surface area (Å²) < 4.78 is 0. The van der Waals surface area contributed by atoms with Crippen LogP contribution in [0.5, 0.6) is 0 Å². The van der Waals surface area contributed by atoms with Crippen LogP contribution in [0.4, 0.5) is 0 Å². The van der Waals surface area contributed by atoms with E-state index in [1.165, 1.54) is 103 Å². The number of aromatic carboxylic acids is 13. The maximum Gasteiger partial charge on any atom is 0.336 e. The SMILES string of the molecule is O=C(O)c1ccc(-c2cc(C(=O)O)cc(C(=O)O)c2)cc1.O=C(O)c1ccc(-c2ccc(C(=O)O)c(C(=O)O)c2)cc1C(=O)O.O=C(O)c1ccc(-c2ccccc2C(=O)O)cc1.O=C(O)c1cccc(-c2cccc(C(=O)O)c2)c1.O=C(O)c1ccccc1-c1ccccc1C(=O)O. The van der Waals surface area contributed by atoms with E-state index < -0.39 is 99.9 Å². The Bertz CT molecular complexity index is 4640. The molecule has 26 heteroatoms. The van der Waals surface area contributed by atoms with Gasteiger partial charge in [0.05, 0.1) is 72.3 Å². The minimum atomic E-state index is -1.45. The fourth-order valence-electron chi connectivity index (χ4n) is 9.21. The topological polar surface area (TPSA) is 485 Å². The highest BCUT2D eigenvalue weighted by molar-refractivity contribution is 6.06. The Morgan fingerprint density at radius 3 is 0.727 bits per heavy atom. The lowest BCUT2D eigenvalue weighted by atomic mass is 9.95. The highest BCUT2D eigenvalue weighted by atomic mass is 16.4. The van der Waals surface area contributed by atoms with Gasteiger partial charge in [-0.3, -0.25) is 0 Å². The van der Waals surface area contributed by atoms with Crippen LogP contribution < -0.4 is 0 Å². The zero-order chi connectivity index (χ0) is 72.9. The normalized spacial score (nSPS) is 10.1. The molecule has 0 spiro atoms. The monoisotopic (exact) mass is 1340 g/mol. The first-order valence-corrected chi connectivity index (χ1v) is 28.0. The van der Waals surface area contributed by atoms with E-state index in [4.69, 9.17) is 66.4 Å². The molecule has 0 unspecified atom stereocenters. The van der Waals surface area contributed by atoms with Gasteiger partial charge in [-0.15, -0.1) is 0 Å². The molecule has 0 heterocycles. The predicted molar refractivity (Wildman–Crippen MR) is 350 cm³/mol. The fourth-order valence-corrected chi connectivity index (χ4v) is 9.21. The maximum atomic E-state index is 11.2. The average Bonchev–Trinajstić information content (AvgIpc) is 0.813. The van der Waals surface area contributed by atoms with Crippen molar-refractivity contribution in [2.24, 2.45) is 0 Å². The van der Waals surface area contributed by atoms with Gasteiger partial charge in [0.2, 0.25) is 0 Å². The number of carboxylic acid groups (broad SMARTS) is 13. The maximum absolute atomic E-state index is 11.2. The van der Waals surface area contributed by atoms with Crippen molar-refractivity contribution in [3.05, 3.63) is 297 Å². The van der Waals surface area contributed by atoms with Crippen molar-refractivity contribution in [2.45, 2.75) is 0 Å². The fraction of sp³-hybridized carbons (Fsp3) is 0. The molecule has 0 fully saturated rings. The summed E-state index contributed by atoms with van der Waals surface area (Å²) in [5, 5.41) is 117. The van der Waals surface area contributed by atoms with E-state index in [1.54, 1.807) is 91.0 Å². The van der Waals surface area contributed by atoms with Crippen molar-refractivity contribution >= 4 is 77.6 Å². The molecule has 10 rings (SSSR count). The molecule has 10 aromatic carbocycles. The van der Waals surface area contributed by atoms with Gasteiger partial charge in [0.25, 0.3) is 0 Å². The largest absolute Gasteiger partial charge is 0.478 e. The Balaban J connectivity index is 0.000000196. The zero-order valence-corrected chi connectivity index (χ0v) is 50.5. The molecule has 10 aromatic rings. The second kappa shape index (κ2) is 33.2. The van der Waals surface area contributed by atoms with E-state index in [0.29, 0.717) is 44.5 Å². The molecule has 99 heavy (non-hydrogen) atoms. The predicted octanol–water partition coefficient (Wildman–Crippen LogP) is 12.8. The van der Waals surface area contributed by atoms with Gasteiger partial charge in [-0.05, 0) is 165 Å². The first-order chi connectivity index (χ1) is 46.9. The number of hydrogen-bond acceptors (Lipinski definition) is 13. The Kier molecular flexibility index (Phi) is 24.6. The highest BCUT2D eigenvalue weighted by Crippen LogP contribution is 2.30. The minimum Gasteiger partial charge on any atom is -0.478 e. The molecule has 0 saturated heterocycles. The molecule has 0 bridgehead atoms. The van der Waals surface area contributed by atoms with Crippen LogP contribution in [0.15, 0.2) is 224 Å². The molecule has 0 amide bonds. The number of rotatable bonds is 18. The van der Waals surface area contributed by atoms with Gasteiger partial charge >= 0.3 is 77.6 Å². The van der Waals surface area contributed by atoms with Crippen LogP contribution in [0, 0.1) is 0 Å². The van der Waals surface area contributed by atoms with Crippen molar-refractivity contribution in [2.75, 3.05) is 0 Å². The standard InChI is InChI=1S/C16H10O8.C15H10O6.3C14H10O4/c17-13(18)9-3-1-7(5-11(9)15(21)22)8-2-4-10(14(19)20)12(6-8)16(23)24;16-13(17)9-3-1-8(2-4-9)10-5-11(14(18)19)7-12(6-10)15(20)21;15-13(16)11-5-1-3-9(7-11)10-4-2-6-12(8-10)14(17)18;15-13(16)11-7-3-1-5-9(11)10-6-2-4-8-12(10)14(17)18;15-13(16)10-7-5-9(6-8-10)11-3-1-2-4-12(11)14(17)18/h1-6H,(H,17,18)(H,19,20)(H,21,22)(H,23,24);1-7H,(H,16,17)(H,18,19)(H,20,21);3*1-8H,(H,15,16)(H,17,18). The molecule has 0 aliphatic carbocycles. The molecular weight excluding hydrogens is 1290 g/mol. The summed E-state index contributed by atoms with van der Waals surface area (Å²) in [6, 6.07) is 54.6. The van der Waals surface area contributed by atoms with E-state index >= 15 is 0 Å². The van der Waals surface area contributed by atoms with Crippen molar-refractivity contribution in [3.8, 4) is 55.6 Å². The molecule has 0 radical (unpaired) electrons. The molecule has 498 valence electrons. The van der Waals surface area contributed by atoms with Crippen molar-refractivity contribution < 1.29 is 129 Å². The second-order valence-electron chi connectivity index (χ2n) is 20.2. The minimum absolute atomic E-state index is 0.0891. The van der Waals surface area contributed by atoms with Gasteiger partial charge in [-0.25, -0.2) is 62.3 Å². The molecule has 0 aliphatic heterocycles. The zero-order valence-electron chi connectivity index (χ0n) is 50.5. The Labute approximate surface area is 556 Å². The molecule has 0 atom stereocenters. The number of benzene rings is 10. The van der Waals surface area contributed by atoms with E-state index in [9.17, 15) is 62.3 Å². The summed E-state index contributed by atoms with van der Waals surface area (Å²) in [5.41, 5.74) is 3.79. The number of carboxylic acids is 13. The quantitative estimate of drug-likeness (QED) is 0.0379. The summed E-state index contributed by atoms with van der Waals surface area (Å²) in [6.45, 7) is 0. The smallest absolute Gasteiger partial charge is 0.336 e. The molecule has 0 aromatic heterocycles. The summed E-state index contributed by atoms with van der Waals surface area (Å²) in [7, 11) is 0. The van der Waals surface area contributed by atoms with Gasteiger partial charge < -0.3 is 66.4 Å². The van der Waals surface area contributed by atoms with Crippen LogP contribution in [0.3, 0.4) is 0 Å². The van der Waals surface area contributed by atoms with Crippen LogP contribution in [0.1, 0.15) is 135 Å². The van der Waals surface area contributed by atoms with Gasteiger partial charge in [-0.1, -0.05) is 115 Å². The van der Waals surface area contributed by atoms with Crippen molar-refractivity contribution in [1.82, 2.24) is 0 Å². The Morgan fingerprint density at radius 1 is 0.152 bits per heavy atom. The third-order valence-electron chi connectivity index (χ3n) is 13.9. The lowest BCUT2D eigenvalue weighted by molar-refractivity contribution is 0.0651. The summed E-state index contributed by atoms with van der Waals surface area (Å²) >= 11 is 0. The number of carbonyl (C=O) groups is 13. The van der Waals surface area contributed by atoms with Crippen LogP contribution in [0.2, 0.25) is 0 Å². The van der Waals surface area contributed by atoms with Gasteiger partial charge in [0.15, 0.2) is 0 Å². The summed E-state index contributed by atoms with van der Waals surface area (Å²) in [6.07, 6.45) is 0. The first kappa shape index (κ1) is 73.4. The average molecular weight is 1340 g/mol. The van der Waals surface area contributed by atoms with Crippen LogP contribution in [-0.4, -0.2) is 144 Å². The Hall–Kier alpha value is -14.7. The third-order valence-corrected chi connectivity index (χ3v) is 13.9. The molecule has 13 N–H and O–H groups in total. The van der Waals surface area contributed by atoms with Gasteiger partial charge in [0.1, 0.15) is 0 Å². The molecule has 26 nitrogen and oxygen atoms in total. The van der Waals surface area contributed by atoms with E-state index in [0.717, 1.165) is 30.3 Å². The third kappa shape index (κ3) is 19.4. The second-order valence-corrected chi connectivity index (χ2v) is 20.2. The molecule has 0 saturated carbocycles. The van der Waals surface area contributed by atoms with Gasteiger partial charge in [-0.2, -0.15) is 0 Å². The molecule has 0 aliphatic rings. The summed E-state index contributed by atoms with van der Waals surface area (Å²) in [4.78, 5) is 143.